The third kappa shape index (κ3) is 7.79. The van der Waals surface area contributed by atoms with Gasteiger partial charge in [0.15, 0.2) is 17.3 Å². The number of carbonyl (C=O) groups excluding carboxylic acids is 5. The number of ether oxygens (including phenoxy) is 1. The number of aromatic carboxylic acids is 1. The highest BCUT2D eigenvalue weighted by Crippen LogP contribution is 2.24. The molecule has 0 saturated carbocycles. The van der Waals surface area contributed by atoms with Gasteiger partial charge in [0.25, 0.3) is 5.91 Å². The summed E-state index contributed by atoms with van der Waals surface area (Å²) in [5.74, 6) is -1.06. The third-order valence-corrected chi connectivity index (χ3v) is 8.84. The SMILES string of the molecule is CCOC(=O)c1cc2c([nH]1)CCCC2=O.CN1CCN(C(=O)c2cc3c([nH]2)CCCC3=O)CC1.O=C(O)c1cc2c([nH]1)CCCC2=O. The molecule has 1 aliphatic heterocycles. The van der Waals surface area contributed by atoms with Crippen molar-refractivity contribution in [1.82, 2.24) is 24.8 Å². The first-order valence-corrected chi connectivity index (χ1v) is 16.2. The number of carboxylic acids is 1. The smallest absolute Gasteiger partial charge is 0.354 e. The van der Waals surface area contributed by atoms with Gasteiger partial charge in [0.2, 0.25) is 0 Å². The van der Waals surface area contributed by atoms with E-state index in [0.717, 1.165) is 87.3 Å². The minimum absolute atomic E-state index is 0.0234. The van der Waals surface area contributed by atoms with E-state index in [-0.39, 0.29) is 34.9 Å². The number of rotatable bonds is 4. The van der Waals surface area contributed by atoms with Crippen molar-refractivity contribution in [3.05, 3.63) is 69.1 Å². The zero-order chi connectivity index (χ0) is 33.7. The molecule has 0 unspecified atom stereocenters. The summed E-state index contributed by atoms with van der Waals surface area (Å²) < 4.78 is 4.86. The molecule has 4 heterocycles. The Hall–Kier alpha value is -4.78. The van der Waals surface area contributed by atoms with Gasteiger partial charge in [0.1, 0.15) is 17.1 Å². The number of H-pyrrole nitrogens is 3. The number of likely N-dealkylation sites (N-methyl/N-ethyl adjacent to an activating group) is 1. The molecule has 1 fully saturated rings. The van der Waals surface area contributed by atoms with Gasteiger partial charge in [0, 0.05) is 79.2 Å². The first-order valence-electron chi connectivity index (χ1n) is 16.2. The van der Waals surface area contributed by atoms with Gasteiger partial charge in [-0.25, -0.2) is 9.59 Å². The number of carbonyl (C=O) groups is 6. The van der Waals surface area contributed by atoms with Crippen LogP contribution in [0, 0.1) is 0 Å². The zero-order valence-corrected chi connectivity index (χ0v) is 26.8. The summed E-state index contributed by atoms with van der Waals surface area (Å²) in [6, 6.07) is 4.78. The number of aromatic amines is 3. The summed E-state index contributed by atoms with van der Waals surface area (Å²) in [6.07, 6.45) is 6.74. The average molecular weight is 648 g/mol. The van der Waals surface area contributed by atoms with Crippen molar-refractivity contribution in [2.45, 2.75) is 64.7 Å². The van der Waals surface area contributed by atoms with Crippen LogP contribution in [0.15, 0.2) is 18.2 Å². The summed E-state index contributed by atoms with van der Waals surface area (Å²) in [5, 5.41) is 8.68. The highest BCUT2D eigenvalue weighted by Gasteiger charge is 2.26. The standard InChI is InChI=1S/C14H19N3O2.C11H13NO3.C9H9NO3/c1-16-5-7-17(8-6-16)14(19)12-9-10-11(15-12)3-2-4-13(10)18;1-2-15-11(14)9-6-7-8(12-9)4-3-5-10(7)13;11-8-3-1-2-6-5(8)4-7(10-6)9(12)13/h9,15H,2-8H2,1H3;6,12H,2-5H2,1H3;4,10H,1-3H2,(H,12,13). The number of aryl methyl sites for hydroxylation is 3. The lowest BCUT2D eigenvalue weighted by atomic mass is 9.97. The lowest BCUT2D eigenvalue weighted by Crippen LogP contribution is -2.47. The van der Waals surface area contributed by atoms with Crippen LogP contribution < -0.4 is 0 Å². The van der Waals surface area contributed by atoms with E-state index in [4.69, 9.17) is 9.84 Å². The number of nitrogens with one attached hydrogen (secondary N) is 3. The number of hydrogen-bond donors (Lipinski definition) is 4. The molecule has 13 nitrogen and oxygen atoms in total. The molecular weight excluding hydrogens is 606 g/mol. The van der Waals surface area contributed by atoms with Crippen LogP contribution in [0.1, 0.15) is 125 Å². The molecule has 0 atom stereocenters. The molecule has 7 rings (SSSR count). The number of esters is 1. The van der Waals surface area contributed by atoms with Crippen molar-refractivity contribution in [3.8, 4) is 0 Å². The van der Waals surface area contributed by atoms with E-state index in [0.29, 0.717) is 48.4 Å². The molecule has 1 saturated heterocycles. The van der Waals surface area contributed by atoms with Crippen LogP contribution in [0.3, 0.4) is 0 Å². The van der Waals surface area contributed by atoms with Gasteiger partial charge in [-0.15, -0.1) is 0 Å². The molecule has 0 spiro atoms. The number of piperazine rings is 1. The van der Waals surface area contributed by atoms with Crippen LogP contribution >= 0.6 is 0 Å². The highest BCUT2D eigenvalue weighted by molar-refractivity contribution is 6.03. The van der Waals surface area contributed by atoms with Gasteiger partial charge in [-0.3, -0.25) is 19.2 Å². The number of nitrogens with zero attached hydrogens (tertiary/aromatic N) is 2. The molecule has 250 valence electrons. The van der Waals surface area contributed by atoms with Gasteiger partial charge < -0.3 is 34.6 Å². The molecule has 3 aromatic rings. The van der Waals surface area contributed by atoms with E-state index in [1.54, 1.807) is 19.1 Å². The van der Waals surface area contributed by atoms with Crippen molar-refractivity contribution in [3.63, 3.8) is 0 Å². The second-order valence-electron chi connectivity index (χ2n) is 12.2. The highest BCUT2D eigenvalue weighted by atomic mass is 16.5. The van der Waals surface area contributed by atoms with E-state index in [9.17, 15) is 28.8 Å². The second kappa shape index (κ2) is 14.8. The largest absolute Gasteiger partial charge is 0.477 e. The van der Waals surface area contributed by atoms with Crippen molar-refractivity contribution in [2.75, 3.05) is 39.8 Å². The fourth-order valence-electron chi connectivity index (χ4n) is 6.24. The third-order valence-electron chi connectivity index (χ3n) is 8.84. The Kier molecular flexibility index (Phi) is 10.5. The Bertz CT molecular complexity index is 1690. The lowest BCUT2D eigenvalue weighted by Gasteiger charge is -2.32. The molecule has 47 heavy (non-hydrogen) atoms. The fraction of sp³-hybridized carbons (Fsp3) is 0.471. The predicted octanol–water partition coefficient (Wildman–Crippen LogP) is 3.86. The maximum absolute atomic E-state index is 12.4. The Morgan fingerprint density at radius 3 is 1.55 bits per heavy atom. The molecule has 0 bridgehead atoms. The number of Topliss-reactive ketones (excluding diaryl/α,β-unsaturated/α-hetero) is 3. The summed E-state index contributed by atoms with van der Waals surface area (Å²) in [7, 11) is 2.06. The van der Waals surface area contributed by atoms with Gasteiger partial charge >= 0.3 is 11.9 Å². The van der Waals surface area contributed by atoms with Crippen molar-refractivity contribution >= 4 is 35.2 Å². The van der Waals surface area contributed by atoms with E-state index in [1.165, 1.54) is 6.07 Å². The minimum Gasteiger partial charge on any atom is -0.477 e. The topological polar surface area (TPSA) is 186 Å². The number of ketones is 3. The molecule has 13 heteroatoms. The second-order valence-corrected chi connectivity index (χ2v) is 12.2. The van der Waals surface area contributed by atoms with Gasteiger partial charge in [-0.05, 0) is 70.7 Å². The number of amides is 1. The molecule has 1 amide bonds. The Labute approximate surface area is 272 Å². The lowest BCUT2D eigenvalue weighted by molar-refractivity contribution is 0.0518. The minimum atomic E-state index is -1.01. The first-order chi connectivity index (χ1) is 22.5. The molecule has 3 aromatic heterocycles. The van der Waals surface area contributed by atoms with E-state index in [1.807, 2.05) is 4.90 Å². The van der Waals surface area contributed by atoms with Crippen LogP contribution in [0.25, 0.3) is 0 Å². The van der Waals surface area contributed by atoms with Crippen LogP contribution in [-0.4, -0.2) is 105 Å². The van der Waals surface area contributed by atoms with E-state index < -0.39 is 5.97 Å². The molecule has 4 N–H and O–H groups in total. The van der Waals surface area contributed by atoms with Crippen LogP contribution in [0.4, 0.5) is 0 Å². The summed E-state index contributed by atoms with van der Waals surface area (Å²) in [6.45, 7) is 5.43. The van der Waals surface area contributed by atoms with Crippen molar-refractivity contribution in [1.29, 1.82) is 0 Å². The average Bonchev–Trinajstić information content (AvgIpc) is 3.80. The van der Waals surface area contributed by atoms with Crippen LogP contribution in [-0.2, 0) is 24.0 Å². The first kappa shape index (κ1) is 33.6. The van der Waals surface area contributed by atoms with Gasteiger partial charge in [0.05, 0.1) is 6.61 Å². The van der Waals surface area contributed by atoms with E-state index >= 15 is 0 Å². The monoisotopic (exact) mass is 647 g/mol. The van der Waals surface area contributed by atoms with Crippen LogP contribution in [0.5, 0.6) is 0 Å². The normalized spacial score (nSPS) is 17.3. The maximum atomic E-state index is 12.4. The Morgan fingerprint density at radius 2 is 1.11 bits per heavy atom. The quantitative estimate of drug-likeness (QED) is 0.305. The van der Waals surface area contributed by atoms with Gasteiger partial charge in [-0.1, -0.05) is 0 Å². The molecule has 3 aliphatic carbocycles. The Balaban J connectivity index is 0.000000141. The number of carboxylic acid groups (broad SMARTS) is 1. The maximum Gasteiger partial charge on any atom is 0.354 e. The number of hydrogen-bond acceptors (Lipinski definition) is 8. The molecule has 0 aromatic carbocycles. The summed E-state index contributed by atoms with van der Waals surface area (Å²) >= 11 is 0. The molecule has 4 aliphatic rings. The van der Waals surface area contributed by atoms with Gasteiger partial charge in [-0.2, -0.15) is 0 Å². The molecule has 0 radical (unpaired) electrons. The molecular formula is C34H41N5O8. The number of fused-ring (bicyclic) bond motifs is 3. The Morgan fingerprint density at radius 1 is 0.681 bits per heavy atom. The van der Waals surface area contributed by atoms with E-state index in [2.05, 4.69) is 26.9 Å². The fourth-order valence-corrected chi connectivity index (χ4v) is 6.24. The summed E-state index contributed by atoms with van der Waals surface area (Å²) in [4.78, 5) is 81.9. The number of aromatic nitrogens is 3. The van der Waals surface area contributed by atoms with Crippen molar-refractivity contribution in [2.24, 2.45) is 0 Å². The zero-order valence-electron chi connectivity index (χ0n) is 26.8. The van der Waals surface area contributed by atoms with Crippen LogP contribution in [0.2, 0.25) is 0 Å². The summed E-state index contributed by atoms with van der Waals surface area (Å²) in [5.41, 5.74) is 5.59. The predicted molar refractivity (Wildman–Crippen MR) is 170 cm³/mol. The van der Waals surface area contributed by atoms with Crippen molar-refractivity contribution < 1.29 is 38.6 Å².